The van der Waals surface area contributed by atoms with E-state index in [2.05, 4.69) is 6.92 Å². The Labute approximate surface area is 126 Å². The van der Waals surface area contributed by atoms with Gasteiger partial charge in [0.05, 0.1) is 27.6 Å². The van der Waals surface area contributed by atoms with Gasteiger partial charge < -0.3 is 5.48 Å². The molecule has 3 heteroatoms. The second-order valence-corrected chi connectivity index (χ2v) is 6.69. The topological polar surface area (TPSA) is 47.1 Å². The van der Waals surface area contributed by atoms with E-state index >= 15 is 0 Å². The standard InChI is InChI=1S/C17H36NO.H2O/c1-5-6-7-8-9-10-11-12-13-14-15-16-17(19)18(2,3)4;/h5-16H2,1-4H3;1H2/q+1;/p-1. The predicted octanol–water partition coefficient (Wildman–Crippen LogP) is 4.74. The first kappa shape index (κ1) is 21.9. The van der Waals surface area contributed by atoms with Gasteiger partial charge in [-0.25, -0.2) is 4.79 Å². The van der Waals surface area contributed by atoms with Gasteiger partial charge in [0.25, 0.3) is 0 Å². The number of carbonyl (C=O) groups is 1. The van der Waals surface area contributed by atoms with Crippen molar-refractivity contribution in [2.45, 2.75) is 84.0 Å². The Hall–Kier alpha value is -0.410. The highest BCUT2D eigenvalue weighted by Gasteiger charge is 2.18. The van der Waals surface area contributed by atoms with Crippen LogP contribution in [0.5, 0.6) is 0 Å². The lowest BCUT2D eigenvalue weighted by atomic mass is 10.1. The molecule has 0 aromatic carbocycles. The van der Waals surface area contributed by atoms with Crippen molar-refractivity contribution >= 4 is 5.91 Å². The highest BCUT2D eigenvalue weighted by atomic mass is 16.2. The Bertz CT molecular complexity index is 222. The molecular weight excluding hydrogens is 250 g/mol. The van der Waals surface area contributed by atoms with Gasteiger partial charge in [-0.3, -0.25) is 4.48 Å². The molecule has 0 fully saturated rings. The Morgan fingerprint density at radius 3 is 1.40 bits per heavy atom. The lowest BCUT2D eigenvalue weighted by Gasteiger charge is -2.20. The van der Waals surface area contributed by atoms with E-state index in [9.17, 15) is 4.79 Å². The van der Waals surface area contributed by atoms with Gasteiger partial charge in [0.2, 0.25) is 0 Å². The summed E-state index contributed by atoms with van der Waals surface area (Å²) in [6, 6.07) is 0. The van der Waals surface area contributed by atoms with Crippen LogP contribution >= 0.6 is 0 Å². The average molecular weight is 287 g/mol. The molecule has 122 valence electrons. The summed E-state index contributed by atoms with van der Waals surface area (Å²) in [5.74, 6) is 0.357. The molecular formula is C17H37NO2. The van der Waals surface area contributed by atoms with E-state index < -0.39 is 0 Å². The predicted molar refractivity (Wildman–Crippen MR) is 86.1 cm³/mol. The second-order valence-electron chi connectivity index (χ2n) is 6.69. The quantitative estimate of drug-likeness (QED) is 0.384. The summed E-state index contributed by atoms with van der Waals surface area (Å²) in [4.78, 5) is 11.7. The van der Waals surface area contributed by atoms with Crippen molar-refractivity contribution in [1.29, 1.82) is 0 Å². The number of hydrogen-bond acceptors (Lipinski definition) is 2. The summed E-state index contributed by atoms with van der Waals surface area (Å²) in [6.07, 6.45) is 15.5. The van der Waals surface area contributed by atoms with Crippen LogP contribution < -0.4 is 0 Å². The van der Waals surface area contributed by atoms with Crippen molar-refractivity contribution < 1.29 is 14.8 Å². The van der Waals surface area contributed by atoms with Crippen LogP contribution in [0.1, 0.15) is 84.0 Å². The molecule has 0 aromatic heterocycles. The van der Waals surface area contributed by atoms with E-state index in [1.807, 2.05) is 21.1 Å². The fourth-order valence-electron chi connectivity index (χ4n) is 2.28. The summed E-state index contributed by atoms with van der Waals surface area (Å²) in [5, 5.41) is 0. The van der Waals surface area contributed by atoms with Gasteiger partial charge in [-0.15, -0.1) is 0 Å². The summed E-state index contributed by atoms with van der Waals surface area (Å²) in [6.45, 7) is 2.27. The molecule has 3 nitrogen and oxygen atoms in total. The average Bonchev–Trinajstić information content (AvgIpc) is 2.34. The normalized spacial score (nSPS) is 11.2. The summed E-state index contributed by atoms with van der Waals surface area (Å²) < 4.78 is 0.470. The van der Waals surface area contributed by atoms with Crippen molar-refractivity contribution in [1.82, 2.24) is 0 Å². The first-order valence-electron chi connectivity index (χ1n) is 8.33. The maximum atomic E-state index is 11.7. The SMILES string of the molecule is CCCCCCCCCCCCCC(=O)[N+](C)(C)C.[OH-]. The van der Waals surface area contributed by atoms with Crippen molar-refractivity contribution in [2.75, 3.05) is 21.1 Å². The minimum atomic E-state index is 0. The first-order chi connectivity index (χ1) is 8.98. The van der Waals surface area contributed by atoms with Crippen LogP contribution in [0.4, 0.5) is 0 Å². The van der Waals surface area contributed by atoms with Crippen molar-refractivity contribution in [3.8, 4) is 0 Å². The highest BCUT2D eigenvalue weighted by Crippen LogP contribution is 2.12. The Kier molecular flexibility index (Phi) is 14.8. The Morgan fingerprint density at radius 1 is 0.700 bits per heavy atom. The molecule has 0 aliphatic carbocycles. The van der Waals surface area contributed by atoms with Crippen molar-refractivity contribution in [3.05, 3.63) is 0 Å². The third-order valence-corrected chi connectivity index (χ3v) is 3.74. The molecule has 0 aliphatic rings. The second kappa shape index (κ2) is 13.6. The number of quaternary nitrogens is 1. The molecule has 0 atom stereocenters. The molecule has 0 heterocycles. The van der Waals surface area contributed by atoms with Crippen molar-refractivity contribution in [2.24, 2.45) is 0 Å². The van der Waals surface area contributed by atoms with Crippen molar-refractivity contribution in [3.63, 3.8) is 0 Å². The molecule has 0 saturated carbocycles. The summed E-state index contributed by atoms with van der Waals surface area (Å²) >= 11 is 0. The fraction of sp³-hybridized carbons (Fsp3) is 0.941. The van der Waals surface area contributed by atoms with E-state index in [0.717, 1.165) is 12.8 Å². The minimum absolute atomic E-state index is 0. The fourth-order valence-corrected chi connectivity index (χ4v) is 2.28. The van der Waals surface area contributed by atoms with Gasteiger partial charge >= 0.3 is 5.91 Å². The number of carbonyl (C=O) groups excluding carboxylic acids is 1. The molecule has 0 unspecified atom stereocenters. The summed E-state index contributed by atoms with van der Waals surface area (Å²) in [5.41, 5.74) is 0. The Morgan fingerprint density at radius 2 is 1.05 bits per heavy atom. The molecule has 0 radical (unpaired) electrons. The lowest BCUT2D eigenvalue weighted by molar-refractivity contribution is -0.792. The van der Waals surface area contributed by atoms with Gasteiger partial charge in [-0.2, -0.15) is 0 Å². The van der Waals surface area contributed by atoms with Gasteiger partial charge in [0.1, 0.15) is 0 Å². The number of amides is 1. The molecule has 0 rings (SSSR count). The molecule has 0 saturated heterocycles. The molecule has 20 heavy (non-hydrogen) atoms. The van der Waals surface area contributed by atoms with E-state index in [1.165, 1.54) is 64.2 Å². The van der Waals surface area contributed by atoms with E-state index in [0.29, 0.717) is 10.4 Å². The molecule has 0 bridgehead atoms. The minimum Gasteiger partial charge on any atom is -0.870 e. The zero-order chi connectivity index (χ0) is 14.6. The van der Waals surface area contributed by atoms with E-state index in [1.54, 1.807) is 0 Å². The number of rotatable bonds is 12. The zero-order valence-electron chi connectivity index (χ0n) is 14.3. The zero-order valence-corrected chi connectivity index (χ0v) is 14.3. The molecule has 0 aliphatic heterocycles. The number of hydrogen-bond donors (Lipinski definition) is 0. The van der Waals surface area contributed by atoms with E-state index in [-0.39, 0.29) is 5.48 Å². The van der Waals surface area contributed by atoms with Gasteiger partial charge in [0.15, 0.2) is 0 Å². The van der Waals surface area contributed by atoms with Gasteiger partial charge in [-0.05, 0) is 6.42 Å². The molecule has 0 aromatic rings. The monoisotopic (exact) mass is 287 g/mol. The lowest BCUT2D eigenvalue weighted by Crippen LogP contribution is -2.40. The van der Waals surface area contributed by atoms with Crippen LogP contribution in [0.2, 0.25) is 0 Å². The molecule has 0 spiro atoms. The Balaban J connectivity index is 0. The summed E-state index contributed by atoms with van der Waals surface area (Å²) in [7, 11) is 5.88. The third kappa shape index (κ3) is 14.0. The smallest absolute Gasteiger partial charge is 0.313 e. The van der Waals surface area contributed by atoms with Gasteiger partial charge in [-0.1, -0.05) is 71.1 Å². The maximum absolute atomic E-state index is 11.7. The van der Waals surface area contributed by atoms with Crippen LogP contribution in [-0.2, 0) is 4.79 Å². The first-order valence-corrected chi connectivity index (χ1v) is 8.33. The van der Waals surface area contributed by atoms with Crippen LogP contribution in [0.3, 0.4) is 0 Å². The maximum Gasteiger partial charge on any atom is 0.313 e. The molecule has 1 amide bonds. The number of unbranched alkanes of at least 4 members (excludes halogenated alkanes) is 10. The number of nitrogens with zero attached hydrogens (tertiary/aromatic N) is 1. The van der Waals surface area contributed by atoms with Crippen LogP contribution in [0, 0.1) is 0 Å². The molecule has 1 N–H and O–H groups in total. The van der Waals surface area contributed by atoms with Crippen LogP contribution in [0.25, 0.3) is 0 Å². The highest BCUT2D eigenvalue weighted by molar-refractivity contribution is 5.68. The largest absolute Gasteiger partial charge is 0.870 e. The van der Waals surface area contributed by atoms with E-state index in [4.69, 9.17) is 0 Å². The third-order valence-electron chi connectivity index (χ3n) is 3.74. The van der Waals surface area contributed by atoms with Crippen LogP contribution in [-0.4, -0.2) is 37.0 Å². The van der Waals surface area contributed by atoms with Crippen LogP contribution in [0.15, 0.2) is 0 Å². The van der Waals surface area contributed by atoms with Gasteiger partial charge in [0, 0.05) is 0 Å².